The van der Waals surface area contributed by atoms with Crippen LogP contribution in [-0.2, 0) is 40.1 Å². The van der Waals surface area contributed by atoms with Crippen LogP contribution in [0.1, 0.15) is 84.5 Å². The van der Waals surface area contributed by atoms with Gasteiger partial charge >= 0.3 is 24.1 Å². The minimum Gasteiger partial charge on any atom is -0.496 e. The number of carbonyl (C=O) groups excluding carboxylic acids is 3. The van der Waals surface area contributed by atoms with Crippen LogP contribution in [0, 0.1) is 0 Å². The van der Waals surface area contributed by atoms with E-state index in [0.29, 0.717) is 56.1 Å². The van der Waals surface area contributed by atoms with E-state index in [9.17, 15) is 24.3 Å². The van der Waals surface area contributed by atoms with Gasteiger partial charge in [-0.1, -0.05) is 0 Å². The van der Waals surface area contributed by atoms with Crippen LogP contribution >= 0.6 is 0 Å². The summed E-state index contributed by atoms with van der Waals surface area (Å²) in [6, 6.07) is 6.89. The van der Waals surface area contributed by atoms with Gasteiger partial charge in [-0.2, -0.15) is 0 Å². The largest absolute Gasteiger partial charge is 0.496 e. The Labute approximate surface area is 264 Å². The lowest BCUT2D eigenvalue weighted by atomic mass is 9.96. The number of hydrogen-bond donors (Lipinski definition) is 1. The van der Waals surface area contributed by atoms with E-state index in [-0.39, 0.29) is 17.7 Å². The third kappa shape index (κ3) is 9.26. The number of benzene rings is 2. The Balaban J connectivity index is 0.000000246. The number of amides is 2. The normalized spacial score (nSPS) is 14.2. The number of methoxy groups -OCH3 is 3. The molecule has 2 aliphatic rings. The summed E-state index contributed by atoms with van der Waals surface area (Å²) < 4.78 is 25.9. The van der Waals surface area contributed by atoms with E-state index in [2.05, 4.69) is 0 Å². The molecule has 2 amide bonds. The van der Waals surface area contributed by atoms with Gasteiger partial charge in [-0.05, 0) is 101 Å². The fourth-order valence-corrected chi connectivity index (χ4v) is 4.91. The summed E-state index contributed by atoms with van der Waals surface area (Å²) in [5, 5.41) is 9.24. The molecule has 4 rings (SSSR count). The molecule has 2 aromatic carbocycles. The van der Waals surface area contributed by atoms with Gasteiger partial charge in [0.1, 0.15) is 33.8 Å². The first-order chi connectivity index (χ1) is 21.0. The van der Waals surface area contributed by atoms with Crippen molar-refractivity contribution < 1.29 is 48.0 Å². The van der Waals surface area contributed by atoms with Crippen molar-refractivity contribution in [3.05, 3.63) is 57.6 Å². The maximum absolute atomic E-state index is 12.2. The summed E-state index contributed by atoms with van der Waals surface area (Å²) in [7, 11) is 4.29. The van der Waals surface area contributed by atoms with Crippen molar-refractivity contribution in [2.24, 2.45) is 0 Å². The molecule has 0 bridgehead atoms. The number of carbonyl (C=O) groups is 4. The zero-order valence-corrected chi connectivity index (χ0v) is 27.6. The van der Waals surface area contributed by atoms with Crippen LogP contribution in [0.2, 0.25) is 0 Å². The van der Waals surface area contributed by atoms with Gasteiger partial charge in [-0.15, -0.1) is 0 Å². The van der Waals surface area contributed by atoms with Crippen molar-refractivity contribution in [3.8, 4) is 11.5 Å². The highest BCUT2D eigenvalue weighted by Crippen LogP contribution is 2.30. The highest BCUT2D eigenvalue weighted by Gasteiger charge is 2.29. The van der Waals surface area contributed by atoms with Crippen LogP contribution < -0.4 is 9.47 Å². The van der Waals surface area contributed by atoms with E-state index in [1.165, 1.54) is 21.3 Å². The zero-order valence-electron chi connectivity index (χ0n) is 27.6. The lowest BCUT2D eigenvalue weighted by Gasteiger charge is -2.31. The Bertz CT molecular complexity index is 1440. The van der Waals surface area contributed by atoms with Gasteiger partial charge in [-0.25, -0.2) is 19.2 Å². The molecule has 0 spiro atoms. The number of nitrogens with zero attached hydrogens (tertiary/aromatic N) is 2. The topological polar surface area (TPSA) is 141 Å². The van der Waals surface area contributed by atoms with Gasteiger partial charge in [0.25, 0.3) is 0 Å². The minimum atomic E-state index is -1.05. The third-order valence-corrected chi connectivity index (χ3v) is 7.01. The van der Waals surface area contributed by atoms with Crippen molar-refractivity contribution in [1.29, 1.82) is 0 Å². The van der Waals surface area contributed by atoms with Crippen LogP contribution in [0.5, 0.6) is 11.5 Å². The van der Waals surface area contributed by atoms with Crippen LogP contribution in [0.25, 0.3) is 0 Å². The maximum atomic E-state index is 12.2. The minimum absolute atomic E-state index is 0.104. The van der Waals surface area contributed by atoms with Crippen molar-refractivity contribution in [1.82, 2.24) is 9.80 Å². The third-order valence-electron chi connectivity index (χ3n) is 7.01. The van der Waals surface area contributed by atoms with E-state index >= 15 is 0 Å². The molecule has 0 radical (unpaired) electrons. The maximum Gasteiger partial charge on any atom is 0.410 e. The molecule has 246 valence electrons. The van der Waals surface area contributed by atoms with Crippen molar-refractivity contribution in [2.75, 3.05) is 34.4 Å². The molecule has 1 N–H and O–H groups in total. The lowest BCUT2D eigenvalue weighted by Crippen LogP contribution is -2.40. The molecular weight excluding hydrogens is 584 g/mol. The van der Waals surface area contributed by atoms with E-state index in [0.717, 1.165) is 22.3 Å². The summed E-state index contributed by atoms with van der Waals surface area (Å²) >= 11 is 0. The number of rotatable bonds is 4. The van der Waals surface area contributed by atoms with Gasteiger partial charge < -0.3 is 38.6 Å². The Hall–Kier alpha value is -4.48. The highest BCUT2D eigenvalue weighted by molar-refractivity contribution is 5.93. The molecule has 0 fully saturated rings. The van der Waals surface area contributed by atoms with E-state index < -0.39 is 23.1 Å². The summed E-state index contributed by atoms with van der Waals surface area (Å²) in [4.78, 5) is 50.7. The number of ether oxygens (including phenoxy) is 5. The van der Waals surface area contributed by atoms with Crippen LogP contribution in [0.15, 0.2) is 24.3 Å². The predicted octanol–water partition coefficient (Wildman–Crippen LogP) is 5.46. The second-order valence-electron chi connectivity index (χ2n) is 12.7. The monoisotopic (exact) mass is 628 g/mol. The SMILES string of the molecule is COC(=O)c1cc2c(cc1OC)CCN(C(=O)OC(C)(C)C)C2.COc1cc2c(cc1C(=O)O)CN(C(=O)OC(C)(C)C)CC2. The van der Waals surface area contributed by atoms with E-state index in [1.54, 1.807) is 28.0 Å². The van der Waals surface area contributed by atoms with Crippen molar-refractivity contribution >= 4 is 24.1 Å². The molecule has 12 heteroatoms. The molecule has 0 saturated heterocycles. The quantitative estimate of drug-likeness (QED) is 0.343. The first kappa shape index (κ1) is 35.0. The summed E-state index contributed by atoms with van der Waals surface area (Å²) in [6.45, 7) is 12.8. The number of hydrogen-bond acceptors (Lipinski definition) is 9. The molecule has 0 aliphatic carbocycles. The van der Waals surface area contributed by atoms with Gasteiger partial charge in [0, 0.05) is 26.2 Å². The number of aromatic carboxylic acids is 1. The first-order valence-corrected chi connectivity index (χ1v) is 14.6. The molecule has 0 unspecified atom stereocenters. The molecular formula is C33H44N2O10. The molecule has 2 aromatic rings. The fourth-order valence-electron chi connectivity index (χ4n) is 4.91. The second-order valence-corrected chi connectivity index (χ2v) is 12.7. The van der Waals surface area contributed by atoms with Crippen molar-refractivity contribution in [3.63, 3.8) is 0 Å². The Morgan fingerprint density at radius 3 is 1.40 bits per heavy atom. The van der Waals surface area contributed by atoms with E-state index in [1.807, 2.05) is 47.6 Å². The Morgan fingerprint density at radius 1 is 0.644 bits per heavy atom. The van der Waals surface area contributed by atoms with Crippen LogP contribution in [-0.4, -0.2) is 84.7 Å². The first-order valence-electron chi connectivity index (χ1n) is 14.6. The highest BCUT2D eigenvalue weighted by atomic mass is 16.6. The molecule has 45 heavy (non-hydrogen) atoms. The van der Waals surface area contributed by atoms with Crippen LogP contribution in [0.4, 0.5) is 9.59 Å². The lowest BCUT2D eigenvalue weighted by molar-refractivity contribution is 0.0213. The number of fused-ring (bicyclic) bond motifs is 2. The smallest absolute Gasteiger partial charge is 0.410 e. The summed E-state index contributed by atoms with van der Waals surface area (Å²) in [5.41, 5.74) is 3.17. The standard InChI is InChI=1S/C17H23NO5.C16H21NO5/c1-17(2,3)23-16(20)18-7-6-11-9-14(21-4)13(15(19)22-5)8-12(11)10-18;1-16(2,3)22-15(20)17-6-5-10-8-13(21-4)12(14(18)19)7-11(10)9-17/h8-9H,6-7,10H2,1-5H3;7-8H,5-6,9H2,1-4H3,(H,18,19). The Morgan fingerprint density at radius 2 is 1.04 bits per heavy atom. The average Bonchev–Trinajstić information content (AvgIpc) is 2.97. The number of carboxylic acids is 1. The van der Waals surface area contributed by atoms with Crippen LogP contribution in [0.3, 0.4) is 0 Å². The predicted molar refractivity (Wildman–Crippen MR) is 165 cm³/mol. The van der Waals surface area contributed by atoms with Crippen molar-refractivity contribution in [2.45, 2.75) is 78.7 Å². The summed E-state index contributed by atoms with van der Waals surface area (Å²) in [5.74, 6) is -0.675. The number of carboxylic acid groups (broad SMARTS) is 1. The second kappa shape index (κ2) is 14.1. The van der Waals surface area contributed by atoms with Gasteiger partial charge in [0.05, 0.1) is 21.3 Å². The molecule has 12 nitrogen and oxygen atoms in total. The fraction of sp³-hybridized carbons (Fsp3) is 0.515. The average molecular weight is 629 g/mol. The summed E-state index contributed by atoms with van der Waals surface area (Å²) in [6.07, 6.45) is 0.599. The number of esters is 1. The molecule has 0 saturated carbocycles. The molecule has 0 aromatic heterocycles. The van der Waals surface area contributed by atoms with Gasteiger partial charge in [-0.3, -0.25) is 0 Å². The van der Waals surface area contributed by atoms with Gasteiger partial charge in [0.15, 0.2) is 0 Å². The van der Waals surface area contributed by atoms with Gasteiger partial charge in [0.2, 0.25) is 0 Å². The molecule has 2 aliphatic heterocycles. The Kier molecular flexibility index (Phi) is 11.0. The van der Waals surface area contributed by atoms with E-state index in [4.69, 9.17) is 23.7 Å². The molecule has 2 heterocycles. The zero-order chi connectivity index (χ0) is 33.7. The molecule has 0 atom stereocenters.